The van der Waals surface area contributed by atoms with Crippen LogP contribution in [0.25, 0.3) is 23.1 Å². The number of aromatic amines is 1. The Bertz CT molecular complexity index is 1140. The maximum absolute atomic E-state index is 12.9. The number of fused-ring (bicyclic) bond motifs is 1. The molecule has 0 bridgehead atoms. The number of benzene rings is 2. The average Bonchev–Trinajstić information content (AvgIpc) is 3.53. The van der Waals surface area contributed by atoms with Crippen molar-refractivity contribution in [2.45, 2.75) is 6.42 Å². The molecule has 2 aliphatic heterocycles. The number of hydrogen-bond donors (Lipinski definition) is 2. The minimum atomic E-state index is 0.0217. The molecule has 3 aromatic rings. The first-order valence-corrected chi connectivity index (χ1v) is 11.2. The molecule has 1 atom stereocenters. The lowest BCUT2D eigenvalue weighted by Crippen LogP contribution is -2.52. The molecule has 0 spiro atoms. The fourth-order valence-electron chi connectivity index (χ4n) is 4.46. The number of carbonyl (C=O) groups is 2. The number of para-hydroxylation sites is 1. The van der Waals surface area contributed by atoms with Crippen LogP contribution >= 0.6 is 0 Å². The van der Waals surface area contributed by atoms with Crippen LogP contribution in [0.2, 0.25) is 0 Å². The molecule has 2 N–H and O–H groups in total. The zero-order valence-corrected chi connectivity index (χ0v) is 18.0. The van der Waals surface area contributed by atoms with Crippen molar-refractivity contribution in [2.24, 2.45) is 5.92 Å². The van der Waals surface area contributed by atoms with Gasteiger partial charge in [-0.2, -0.15) is 5.10 Å². The van der Waals surface area contributed by atoms with E-state index in [-0.39, 0.29) is 17.7 Å². The van der Waals surface area contributed by atoms with E-state index in [1.54, 1.807) is 0 Å². The van der Waals surface area contributed by atoms with Gasteiger partial charge >= 0.3 is 0 Å². The molecule has 0 radical (unpaired) electrons. The van der Waals surface area contributed by atoms with E-state index in [1.165, 1.54) is 0 Å². The van der Waals surface area contributed by atoms with E-state index >= 15 is 0 Å². The lowest BCUT2D eigenvalue weighted by Gasteiger charge is -2.36. The Balaban J connectivity index is 1.19. The molecular weight excluding hydrogens is 402 g/mol. The zero-order chi connectivity index (χ0) is 21.9. The van der Waals surface area contributed by atoms with Crippen molar-refractivity contribution in [2.75, 3.05) is 39.3 Å². The number of nitrogens with one attached hydrogen (secondary N) is 2. The summed E-state index contributed by atoms with van der Waals surface area (Å²) in [5, 5.41) is 11.7. The maximum atomic E-state index is 12.9. The molecule has 164 valence electrons. The third-order valence-electron chi connectivity index (χ3n) is 6.38. The van der Waals surface area contributed by atoms with E-state index in [9.17, 15) is 9.59 Å². The van der Waals surface area contributed by atoms with Gasteiger partial charge in [-0.3, -0.25) is 14.7 Å². The van der Waals surface area contributed by atoms with Gasteiger partial charge in [0, 0.05) is 43.7 Å². The molecular formula is C25H27N5O2. The highest BCUT2D eigenvalue weighted by Gasteiger charge is 2.30. The summed E-state index contributed by atoms with van der Waals surface area (Å²) >= 11 is 0. The Morgan fingerprint density at radius 1 is 0.938 bits per heavy atom. The van der Waals surface area contributed by atoms with Crippen LogP contribution < -0.4 is 5.32 Å². The quantitative estimate of drug-likeness (QED) is 0.668. The van der Waals surface area contributed by atoms with Gasteiger partial charge in [0.15, 0.2) is 0 Å². The predicted molar refractivity (Wildman–Crippen MR) is 125 cm³/mol. The summed E-state index contributed by atoms with van der Waals surface area (Å²) in [7, 11) is 0. The van der Waals surface area contributed by atoms with Crippen molar-refractivity contribution in [3.8, 4) is 0 Å². The van der Waals surface area contributed by atoms with Crippen molar-refractivity contribution >= 4 is 34.9 Å². The predicted octanol–water partition coefficient (Wildman–Crippen LogP) is 2.63. The highest BCUT2D eigenvalue weighted by Crippen LogP contribution is 2.19. The normalized spacial score (nSPS) is 19.2. The molecule has 0 unspecified atom stereocenters. The minimum Gasteiger partial charge on any atom is -0.339 e. The lowest BCUT2D eigenvalue weighted by atomic mass is 10.1. The highest BCUT2D eigenvalue weighted by atomic mass is 16.2. The summed E-state index contributed by atoms with van der Waals surface area (Å²) in [5.74, 6) is 0.341. The van der Waals surface area contributed by atoms with Gasteiger partial charge in [-0.1, -0.05) is 36.4 Å². The fraction of sp³-hybridized carbons (Fsp3) is 0.320. The molecule has 2 fully saturated rings. The molecule has 3 heterocycles. The molecule has 5 rings (SSSR count). The van der Waals surface area contributed by atoms with Crippen molar-refractivity contribution < 1.29 is 9.59 Å². The first-order chi connectivity index (χ1) is 15.7. The second-order valence-corrected chi connectivity index (χ2v) is 8.42. The van der Waals surface area contributed by atoms with E-state index in [0.29, 0.717) is 31.7 Å². The Labute approximate surface area is 187 Å². The zero-order valence-electron chi connectivity index (χ0n) is 18.0. The van der Waals surface area contributed by atoms with Gasteiger partial charge in [-0.05, 0) is 42.8 Å². The van der Waals surface area contributed by atoms with Crippen molar-refractivity contribution in [3.63, 3.8) is 0 Å². The minimum absolute atomic E-state index is 0.0217. The monoisotopic (exact) mass is 429 g/mol. The number of carbonyl (C=O) groups excluding carboxylic acids is 2. The van der Waals surface area contributed by atoms with E-state index in [1.807, 2.05) is 70.5 Å². The van der Waals surface area contributed by atoms with Crippen LogP contribution in [0.15, 0.2) is 48.5 Å². The lowest BCUT2D eigenvalue weighted by molar-refractivity contribution is -0.136. The number of rotatable bonds is 4. The summed E-state index contributed by atoms with van der Waals surface area (Å²) in [5.41, 5.74) is 3.58. The van der Waals surface area contributed by atoms with E-state index in [4.69, 9.17) is 0 Å². The van der Waals surface area contributed by atoms with Gasteiger partial charge < -0.3 is 15.1 Å². The Morgan fingerprint density at radius 3 is 2.44 bits per heavy atom. The van der Waals surface area contributed by atoms with Crippen LogP contribution in [0.3, 0.4) is 0 Å². The van der Waals surface area contributed by atoms with Gasteiger partial charge in [0.25, 0.3) is 5.91 Å². The second kappa shape index (κ2) is 8.96. The Morgan fingerprint density at radius 2 is 1.69 bits per heavy atom. The molecule has 2 saturated heterocycles. The summed E-state index contributed by atoms with van der Waals surface area (Å²) in [6, 6.07) is 15.7. The topological polar surface area (TPSA) is 81.3 Å². The van der Waals surface area contributed by atoms with E-state index in [2.05, 4.69) is 15.5 Å². The fourth-order valence-corrected chi connectivity index (χ4v) is 4.46. The number of nitrogens with zero attached hydrogens (tertiary/aromatic N) is 3. The number of aromatic nitrogens is 2. The van der Waals surface area contributed by atoms with Gasteiger partial charge in [0.2, 0.25) is 5.91 Å². The van der Waals surface area contributed by atoms with Crippen LogP contribution in [0, 0.1) is 5.92 Å². The molecule has 1 aromatic heterocycles. The summed E-state index contributed by atoms with van der Waals surface area (Å²) in [6.07, 6.45) is 4.89. The maximum Gasteiger partial charge on any atom is 0.253 e. The molecule has 0 aliphatic carbocycles. The molecule has 32 heavy (non-hydrogen) atoms. The third kappa shape index (κ3) is 4.16. The Kier molecular flexibility index (Phi) is 5.73. The molecule has 2 aromatic carbocycles. The first-order valence-electron chi connectivity index (χ1n) is 11.2. The molecule has 7 heteroatoms. The average molecular weight is 430 g/mol. The van der Waals surface area contributed by atoms with Gasteiger partial charge in [0.1, 0.15) is 0 Å². The van der Waals surface area contributed by atoms with Crippen molar-refractivity contribution in [3.05, 3.63) is 65.4 Å². The van der Waals surface area contributed by atoms with Crippen LogP contribution in [0.5, 0.6) is 0 Å². The van der Waals surface area contributed by atoms with E-state index < -0.39 is 0 Å². The van der Waals surface area contributed by atoms with Crippen LogP contribution in [-0.2, 0) is 4.79 Å². The first kappa shape index (κ1) is 20.5. The molecule has 0 saturated carbocycles. The number of piperazine rings is 1. The number of amides is 2. The van der Waals surface area contributed by atoms with E-state index in [0.717, 1.165) is 41.7 Å². The van der Waals surface area contributed by atoms with Crippen LogP contribution in [-0.4, -0.2) is 71.1 Å². The van der Waals surface area contributed by atoms with Crippen molar-refractivity contribution in [1.29, 1.82) is 0 Å². The molecule has 2 aliphatic rings. The summed E-state index contributed by atoms with van der Waals surface area (Å²) in [6.45, 7) is 4.07. The number of H-pyrrole nitrogens is 1. The Hall–Kier alpha value is -3.45. The molecule has 7 nitrogen and oxygen atoms in total. The summed E-state index contributed by atoms with van der Waals surface area (Å²) in [4.78, 5) is 29.2. The SMILES string of the molecule is O=C(c1ccc(C=Cc2n[nH]c3ccccc23)cc1)N1CCN(C(=O)[C@H]2CCNC2)CC1. The largest absolute Gasteiger partial charge is 0.339 e. The second-order valence-electron chi connectivity index (χ2n) is 8.42. The van der Waals surface area contributed by atoms with Crippen LogP contribution in [0.1, 0.15) is 28.0 Å². The third-order valence-corrected chi connectivity index (χ3v) is 6.38. The van der Waals surface area contributed by atoms with Crippen LogP contribution in [0.4, 0.5) is 0 Å². The smallest absolute Gasteiger partial charge is 0.253 e. The highest BCUT2D eigenvalue weighted by molar-refractivity contribution is 5.95. The molecule has 2 amide bonds. The standard InChI is InChI=1S/C25H27N5O2/c31-24(29-13-15-30(16-14-29)25(32)20-11-12-26-17-20)19-8-5-18(6-9-19)7-10-23-21-3-1-2-4-22(21)27-28-23/h1-10,20,26H,11-17H2,(H,27,28)/t20-/m0/s1. The van der Waals surface area contributed by atoms with Gasteiger partial charge in [0.05, 0.1) is 17.1 Å². The summed E-state index contributed by atoms with van der Waals surface area (Å²) < 4.78 is 0. The number of hydrogen-bond acceptors (Lipinski definition) is 4. The van der Waals surface area contributed by atoms with Gasteiger partial charge in [-0.15, -0.1) is 0 Å². The van der Waals surface area contributed by atoms with Gasteiger partial charge in [-0.25, -0.2) is 0 Å². The van der Waals surface area contributed by atoms with Crippen molar-refractivity contribution in [1.82, 2.24) is 25.3 Å².